The lowest BCUT2D eigenvalue weighted by atomic mass is 9.47. The predicted molar refractivity (Wildman–Crippen MR) is 160 cm³/mol. The van der Waals surface area contributed by atoms with Gasteiger partial charge in [-0.3, -0.25) is 0 Å². The fraction of sp³-hybridized carbons (Fsp3) is 0.914. The highest BCUT2D eigenvalue weighted by Gasteiger charge is 2.59. The molecule has 1 amide bonds. The molecule has 4 unspecified atom stereocenters. The first-order chi connectivity index (χ1) is 18.2. The molecule has 3 heteroatoms. The molecular weight excluding hydrogens is 466 g/mol. The summed E-state index contributed by atoms with van der Waals surface area (Å²) in [5.74, 6) is 5.24. The van der Waals surface area contributed by atoms with Crippen molar-refractivity contribution in [2.45, 2.75) is 150 Å². The summed E-state index contributed by atoms with van der Waals surface area (Å²) >= 11 is 0. The van der Waals surface area contributed by atoms with Gasteiger partial charge in [-0.15, -0.1) is 0 Å². The second-order valence-electron chi connectivity index (χ2n) is 14.9. The molecule has 0 heterocycles. The number of amides is 1. The molecular formula is C35H61NO2. The van der Waals surface area contributed by atoms with Crippen LogP contribution in [0, 0.1) is 46.3 Å². The summed E-state index contributed by atoms with van der Waals surface area (Å²) in [6, 6.07) is 0. The molecule has 38 heavy (non-hydrogen) atoms. The molecule has 0 bridgehead atoms. The van der Waals surface area contributed by atoms with Crippen LogP contribution in [0.1, 0.15) is 144 Å². The van der Waals surface area contributed by atoms with Gasteiger partial charge in [0, 0.05) is 13.0 Å². The minimum absolute atomic E-state index is 0.0578. The quantitative estimate of drug-likeness (QED) is 0.202. The van der Waals surface area contributed by atoms with E-state index < -0.39 is 0 Å². The van der Waals surface area contributed by atoms with Crippen molar-refractivity contribution in [1.29, 1.82) is 0 Å². The number of carbonyl (C=O) groups excluding carboxylic acids is 1. The Morgan fingerprint density at radius 2 is 1.76 bits per heavy atom. The second-order valence-corrected chi connectivity index (χ2v) is 14.9. The van der Waals surface area contributed by atoms with Gasteiger partial charge in [0.15, 0.2) is 0 Å². The van der Waals surface area contributed by atoms with Crippen molar-refractivity contribution in [2.24, 2.45) is 46.3 Å². The minimum atomic E-state index is -0.198. The van der Waals surface area contributed by atoms with Gasteiger partial charge in [0.25, 0.3) is 0 Å². The molecule has 4 rings (SSSR count). The molecule has 0 spiro atoms. The van der Waals surface area contributed by atoms with Crippen LogP contribution in [0.25, 0.3) is 0 Å². The van der Waals surface area contributed by atoms with Gasteiger partial charge in [-0.05, 0) is 97.7 Å². The zero-order valence-corrected chi connectivity index (χ0v) is 26.0. The fourth-order valence-electron chi connectivity index (χ4n) is 9.86. The SMILES string of the molecule is CCCCCCCNC(=O)O[C@H]1CC[C@@]2(C)C(=CCC3C4CCC([C@H](C)CCCC(C)C)[C@@]4(C)CCC32)C1. The van der Waals surface area contributed by atoms with E-state index in [-0.39, 0.29) is 12.2 Å². The Labute approximate surface area is 235 Å². The van der Waals surface area contributed by atoms with Crippen LogP contribution >= 0.6 is 0 Å². The van der Waals surface area contributed by atoms with Crippen molar-refractivity contribution in [3.05, 3.63) is 11.6 Å². The number of carbonyl (C=O) groups is 1. The molecule has 4 aliphatic rings. The van der Waals surface area contributed by atoms with Crippen LogP contribution in [0.15, 0.2) is 11.6 Å². The Morgan fingerprint density at radius 3 is 2.53 bits per heavy atom. The number of allylic oxidation sites excluding steroid dienone is 1. The first kappa shape index (κ1) is 30.0. The van der Waals surface area contributed by atoms with Crippen molar-refractivity contribution in [3.8, 4) is 0 Å². The molecule has 4 aliphatic carbocycles. The van der Waals surface area contributed by atoms with Gasteiger partial charge in [-0.1, -0.05) is 98.1 Å². The van der Waals surface area contributed by atoms with E-state index in [4.69, 9.17) is 4.74 Å². The lowest BCUT2D eigenvalue weighted by Gasteiger charge is -2.58. The highest BCUT2D eigenvalue weighted by atomic mass is 16.6. The van der Waals surface area contributed by atoms with Crippen LogP contribution < -0.4 is 5.32 Å². The zero-order valence-electron chi connectivity index (χ0n) is 26.0. The average Bonchev–Trinajstić information content (AvgIpc) is 3.23. The van der Waals surface area contributed by atoms with Crippen LogP contribution in [0.2, 0.25) is 0 Å². The summed E-state index contributed by atoms with van der Waals surface area (Å²) in [4.78, 5) is 12.5. The Bertz CT molecular complexity index is 804. The molecule has 0 radical (unpaired) electrons. The van der Waals surface area contributed by atoms with E-state index >= 15 is 0 Å². The Morgan fingerprint density at radius 1 is 0.974 bits per heavy atom. The van der Waals surface area contributed by atoms with Crippen LogP contribution in [-0.4, -0.2) is 18.7 Å². The third kappa shape index (κ3) is 6.49. The van der Waals surface area contributed by atoms with Crippen molar-refractivity contribution in [1.82, 2.24) is 5.32 Å². The lowest BCUT2D eigenvalue weighted by molar-refractivity contribution is -0.0581. The number of nitrogens with one attached hydrogen (secondary N) is 1. The molecule has 0 aliphatic heterocycles. The average molecular weight is 528 g/mol. The number of alkyl carbamates (subject to hydrolysis) is 1. The van der Waals surface area contributed by atoms with Crippen molar-refractivity contribution < 1.29 is 9.53 Å². The first-order valence-corrected chi connectivity index (χ1v) is 16.8. The molecule has 8 atom stereocenters. The van der Waals surface area contributed by atoms with Gasteiger partial charge in [0.05, 0.1) is 0 Å². The maximum absolute atomic E-state index is 12.5. The Balaban J connectivity index is 1.31. The molecule has 0 aromatic rings. The number of hydrogen-bond donors (Lipinski definition) is 1. The molecule has 1 N–H and O–H groups in total. The van der Waals surface area contributed by atoms with Crippen molar-refractivity contribution in [2.75, 3.05) is 6.54 Å². The standard InChI is InChI=1S/C35H61NO2/c1-7-8-9-10-11-23-36-33(37)38-28-19-21-34(5)27(24-28)15-16-29-31-18-17-30(26(4)14-12-13-25(2)3)35(31,6)22-20-32(29)34/h15,25-26,28-32H,7-14,16-24H2,1-6H3,(H,36,37)/t26-,28+,29?,30?,31?,32?,34+,35-/m1/s1. The monoisotopic (exact) mass is 527 g/mol. The van der Waals surface area contributed by atoms with Crippen LogP contribution in [0.4, 0.5) is 4.79 Å². The Hall–Kier alpha value is -0.990. The smallest absolute Gasteiger partial charge is 0.407 e. The van der Waals surface area contributed by atoms with E-state index in [0.29, 0.717) is 10.8 Å². The fourth-order valence-corrected chi connectivity index (χ4v) is 9.86. The van der Waals surface area contributed by atoms with E-state index in [0.717, 1.165) is 61.3 Å². The predicted octanol–water partition coefficient (Wildman–Crippen LogP) is 10.1. The van der Waals surface area contributed by atoms with Gasteiger partial charge in [-0.2, -0.15) is 0 Å². The number of unbranched alkanes of at least 4 members (excludes halogenated alkanes) is 4. The number of fused-ring (bicyclic) bond motifs is 5. The second kappa shape index (κ2) is 13.1. The van der Waals surface area contributed by atoms with Crippen LogP contribution in [0.5, 0.6) is 0 Å². The van der Waals surface area contributed by atoms with E-state index in [2.05, 4.69) is 52.9 Å². The molecule has 0 aromatic carbocycles. The zero-order chi connectivity index (χ0) is 27.3. The number of rotatable bonds is 12. The van der Waals surface area contributed by atoms with E-state index in [1.807, 2.05) is 0 Å². The van der Waals surface area contributed by atoms with Crippen molar-refractivity contribution in [3.63, 3.8) is 0 Å². The molecule has 3 nitrogen and oxygen atoms in total. The largest absolute Gasteiger partial charge is 0.446 e. The summed E-state index contributed by atoms with van der Waals surface area (Å²) in [5, 5.41) is 3.01. The number of ether oxygens (including phenoxy) is 1. The molecule has 0 aromatic heterocycles. The van der Waals surface area contributed by atoms with Gasteiger partial charge >= 0.3 is 6.09 Å². The first-order valence-electron chi connectivity index (χ1n) is 16.8. The topological polar surface area (TPSA) is 38.3 Å². The van der Waals surface area contributed by atoms with E-state index in [1.165, 1.54) is 83.5 Å². The summed E-state index contributed by atoms with van der Waals surface area (Å²) in [7, 11) is 0. The highest BCUT2D eigenvalue weighted by Crippen LogP contribution is 2.67. The third-order valence-electron chi connectivity index (χ3n) is 12.1. The van der Waals surface area contributed by atoms with Crippen molar-refractivity contribution >= 4 is 6.09 Å². The highest BCUT2D eigenvalue weighted by molar-refractivity contribution is 5.67. The van der Waals surface area contributed by atoms with Gasteiger partial charge in [0.1, 0.15) is 6.10 Å². The molecule has 218 valence electrons. The van der Waals surface area contributed by atoms with Gasteiger partial charge < -0.3 is 10.1 Å². The Kier molecular flexibility index (Phi) is 10.3. The minimum Gasteiger partial charge on any atom is -0.446 e. The maximum atomic E-state index is 12.5. The summed E-state index contributed by atoms with van der Waals surface area (Å²) in [6.45, 7) is 15.6. The number of hydrogen-bond acceptors (Lipinski definition) is 2. The molecule has 3 saturated carbocycles. The summed E-state index contributed by atoms with van der Waals surface area (Å²) < 4.78 is 5.93. The maximum Gasteiger partial charge on any atom is 0.407 e. The van der Waals surface area contributed by atoms with Gasteiger partial charge in [-0.25, -0.2) is 4.79 Å². The van der Waals surface area contributed by atoms with E-state index in [9.17, 15) is 4.79 Å². The van der Waals surface area contributed by atoms with Crippen LogP contribution in [-0.2, 0) is 4.74 Å². The third-order valence-corrected chi connectivity index (χ3v) is 12.1. The normalized spacial score (nSPS) is 37.1. The van der Waals surface area contributed by atoms with Gasteiger partial charge in [0.2, 0.25) is 0 Å². The van der Waals surface area contributed by atoms with Crippen LogP contribution in [0.3, 0.4) is 0 Å². The molecule has 3 fully saturated rings. The van der Waals surface area contributed by atoms with E-state index in [1.54, 1.807) is 5.57 Å². The molecule has 0 saturated heterocycles. The summed E-state index contributed by atoms with van der Waals surface area (Å²) in [6.07, 6.45) is 23.0. The summed E-state index contributed by atoms with van der Waals surface area (Å²) in [5.41, 5.74) is 2.48. The lowest BCUT2D eigenvalue weighted by Crippen LogP contribution is -2.51.